The maximum absolute atomic E-state index is 12.5. The molecule has 24 heavy (non-hydrogen) atoms. The number of fused-ring (bicyclic) bond motifs is 1. The fourth-order valence-corrected chi connectivity index (χ4v) is 2.94. The van der Waals surface area contributed by atoms with Gasteiger partial charge in [0.05, 0.1) is 12.6 Å². The molecule has 3 rings (SSSR count). The molecule has 0 fully saturated rings. The second kappa shape index (κ2) is 7.34. The van der Waals surface area contributed by atoms with E-state index in [-0.39, 0.29) is 12.1 Å². The van der Waals surface area contributed by atoms with Gasteiger partial charge in [-0.1, -0.05) is 18.2 Å². The number of nitrogens with one attached hydrogen (secondary N) is 1. The molecule has 1 aliphatic heterocycles. The second-order valence-electron chi connectivity index (χ2n) is 6.16. The molecule has 5 nitrogen and oxygen atoms in total. The predicted octanol–water partition coefficient (Wildman–Crippen LogP) is 3.10. The van der Waals surface area contributed by atoms with Crippen LogP contribution in [0.25, 0.3) is 0 Å². The van der Waals surface area contributed by atoms with Crippen molar-refractivity contribution < 1.29 is 9.53 Å². The fourth-order valence-electron chi connectivity index (χ4n) is 2.94. The third kappa shape index (κ3) is 3.67. The van der Waals surface area contributed by atoms with E-state index in [9.17, 15) is 4.79 Å². The van der Waals surface area contributed by atoms with Crippen LogP contribution in [0.4, 0.5) is 4.79 Å². The van der Waals surface area contributed by atoms with Gasteiger partial charge in [-0.25, -0.2) is 4.79 Å². The molecule has 0 radical (unpaired) electrons. The monoisotopic (exact) mass is 325 g/mol. The van der Waals surface area contributed by atoms with Crippen molar-refractivity contribution in [1.29, 1.82) is 0 Å². The number of hydrogen-bond acceptors (Lipinski definition) is 3. The van der Waals surface area contributed by atoms with E-state index in [2.05, 4.69) is 10.3 Å². The summed E-state index contributed by atoms with van der Waals surface area (Å²) < 4.78 is 5.76. The van der Waals surface area contributed by atoms with Crippen molar-refractivity contribution in [2.24, 2.45) is 0 Å². The van der Waals surface area contributed by atoms with Gasteiger partial charge in [-0.15, -0.1) is 0 Å². The van der Waals surface area contributed by atoms with Crippen molar-refractivity contribution in [3.05, 3.63) is 59.4 Å². The first-order valence-electron chi connectivity index (χ1n) is 8.28. The molecule has 1 N–H and O–H groups in total. The molecular formula is C19H23N3O2. The molecule has 2 heterocycles. The number of rotatable bonds is 4. The lowest BCUT2D eigenvalue weighted by atomic mass is 9.98. The van der Waals surface area contributed by atoms with Crippen molar-refractivity contribution in [1.82, 2.24) is 15.2 Å². The van der Waals surface area contributed by atoms with Gasteiger partial charge in [0.1, 0.15) is 5.75 Å². The van der Waals surface area contributed by atoms with Crippen LogP contribution in [0.2, 0.25) is 0 Å². The van der Waals surface area contributed by atoms with E-state index in [1.807, 2.05) is 44.3 Å². The molecule has 0 aliphatic carbocycles. The molecule has 5 heteroatoms. The van der Waals surface area contributed by atoms with E-state index in [4.69, 9.17) is 4.74 Å². The van der Waals surface area contributed by atoms with Gasteiger partial charge < -0.3 is 15.0 Å². The van der Waals surface area contributed by atoms with Crippen LogP contribution in [0.3, 0.4) is 0 Å². The Morgan fingerprint density at radius 3 is 2.92 bits per heavy atom. The predicted molar refractivity (Wildman–Crippen MR) is 93.1 cm³/mol. The topological polar surface area (TPSA) is 54.5 Å². The maximum atomic E-state index is 12.5. The summed E-state index contributed by atoms with van der Waals surface area (Å²) in [5, 5.41) is 3.13. The Kier molecular flexibility index (Phi) is 4.99. The Hall–Kier alpha value is -2.56. The number of aromatic nitrogens is 1. The SMILES string of the molecule is Cc1cccc2c1OCC[C@H]2NC(=O)N(C)CCc1ccncc1. The van der Waals surface area contributed by atoms with Crippen LogP contribution in [0, 0.1) is 6.92 Å². The minimum absolute atomic E-state index is 0.00419. The average Bonchev–Trinajstić information content (AvgIpc) is 2.61. The van der Waals surface area contributed by atoms with E-state index < -0.39 is 0 Å². The van der Waals surface area contributed by atoms with Gasteiger partial charge in [0.15, 0.2) is 0 Å². The number of carbonyl (C=O) groups excluding carboxylic acids is 1. The maximum Gasteiger partial charge on any atom is 0.317 e. The zero-order valence-electron chi connectivity index (χ0n) is 14.2. The molecule has 1 aromatic carbocycles. The first kappa shape index (κ1) is 16.3. The summed E-state index contributed by atoms with van der Waals surface area (Å²) >= 11 is 0. The normalized spacial score (nSPS) is 16.0. The summed E-state index contributed by atoms with van der Waals surface area (Å²) in [5.41, 5.74) is 3.35. The number of amides is 2. The number of carbonyl (C=O) groups is 1. The van der Waals surface area contributed by atoms with E-state index >= 15 is 0 Å². The zero-order valence-corrected chi connectivity index (χ0v) is 14.2. The van der Waals surface area contributed by atoms with Crippen molar-refractivity contribution in [2.75, 3.05) is 20.2 Å². The summed E-state index contributed by atoms with van der Waals surface area (Å²) in [4.78, 5) is 18.2. The van der Waals surface area contributed by atoms with Gasteiger partial charge in [-0.2, -0.15) is 0 Å². The molecule has 2 amide bonds. The number of nitrogens with zero attached hydrogens (tertiary/aromatic N) is 2. The van der Waals surface area contributed by atoms with E-state index in [0.717, 1.165) is 29.7 Å². The number of hydrogen-bond donors (Lipinski definition) is 1. The Bertz CT molecular complexity index is 703. The Morgan fingerprint density at radius 2 is 2.12 bits per heavy atom. The summed E-state index contributed by atoms with van der Waals surface area (Å²) in [6.45, 7) is 3.33. The van der Waals surface area contributed by atoms with Gasteiger partial charge >= 0.3 is 6.03 Å². The number of benzene rings is 1. The molecule has 1 atom stereocenters. The van der Waals surface area contributed by atoms with Crippen molar-refractivity contribution in [3.63, 3.8) is 0 Å². The fraction of sp³-hybridized carbons (Fsp3) is 0.368. The van der Waals surface area contributed by atoms with Crippen molar-refractivity contribution in [2.45, 2.75) is 25.8 Å². The lowest BCUT2D eigenvalue weighted by Crippen LogP contribution is -2.41. The van der Waals surface area contributed by atoms with Crippen LogP contribution in [0.5, 0.6) is 5.75 Å². The molecule has 0 saturated carbocycles. The molecule has 0 unspecified atom stereocenters. The van der Waals surface area contributed by atoms with Crippen LogP contribution in [-0.4, -0.2) is 36.1 Å². The highest BCUT2D eigenvalue weighted by Gasteiger charge is 2.25. The standard InChI is InChI=1S/C19H23N3O2/c1-14-4-3-5-16-17(9-13-24-18(14)16)21-19(23)22(2)12-8-15-6-10-20-11-7-15/h3-7,10-11,17H,8-9,12-13H2,1-2H3,(H,21,23)/t17-/m1/s1. The smallest absolute Gasteiger partial charge is 0.317 e. The van der Waals surface area contributed by atoms with Crippen molar-refractivity contribution in [3.8, 4) is 5.75 Å². The van der Waals surface area contributed by atoms with Crippen LogP contribution < -0.4 is 10.1 Å². The first-order valence-corrected chi connectivity index (χ1v) is 8.28. The summed E-state index contributed by atoms with van der Waals surface area (Å²) in [6.07, 6.45) is 5.16. The first-order chi connectivity index (χ1) is 11.6. The molecule has 0 spiro atoms. The number of likely N-dealkylation sites (N-methyl/N-ethyl adjacent to an activating group) is 1. The van der Waals surface area contributed by atoms with Gasteiger partial charge in [0, 0.05) is 38.0 Å². The van der Waals surface area contributed by atoms with Crippen LogP contribution in [0.1, 0.15) is 29.2 Å². The highest BCUT2D eigenvalue weighted by Crippen LogP contribution is 2.34. The van der Waals surface area contributed by atoms with Gasteiger partial charge in [0.2, 0.25) is 0 Å². The lowest BCUT2D eigenvalue weighted by Gasteiger charge is -2.29. The summed E-state index contributed by atoms with van der Waals surface area (Å²) in [7, 11) is 1.83. The molecule has 1 aliphatic rings. The summed E-state index contributed by atoms with van der Waals surface area (Å²) in [6, 6.07) is 9.97. The van der Waals surface area contributed by atoms with Gasteiger partial charge in [-0.05, 0) is 36.6 Å². The average molecular weight is 325 g/mol. The Labute approximate surface area is 142 Å². The minimum Gasteiger partial charge on any atom is -0.493 e. The van der Waals surface area contributed by atoms with E-state index in [1.165, 1.54) is 5.56 Å². The zero-order chi connectivity index (χ0) is 16.9. The Morgan fingerprint density at radius 1 is 1.33 bits per heavy atom. The number of aryl methyl sites for hydroxylation is 1. The molecule has 0 bridgehead atoms. The number of para-hydroxylation sites is 1. The molecule has 0 saturated heterocycles. The lowest BCUT2D eigenvalue weighted by molar-refractivity contribution is 0.196. The molecule has 1 aromatic heterocycles. The van der Waals surface area contributed by atoms with E-state index in [0.29, 0.717) is 13.2 Å². The van der Waals surface area contributed by atoms with Crippen LogP contribution >= 0.6 is 0 Å². The van der Waals surface area contributed by atoms with Crippen LogP contribution in [0.15, 0.2) is 42.7 Å². The molecule has 2 aromatic rings. The third-order valence-electron chi connectivity index (χ3n) is 4.40. The Balaban J connectivity index is 1.60. The molecular weight excluding hydrogens is 302 g/mol. The number of pyridine rings is 1. The van der Waals surface area contributed by atoms with Gasteiger partial charge in [-0.3, -0.25) is 4.98 Å². The highest BCUT2D eigenvalue weighted by molar-refractivity contribution is 5.74. The quantitative estimate of drug-likeness (QED) is 0.940. The minimum atomic E-state index is -0.0524. The van der Waals surface area contributed by atoms with Gasteiger partial charge in [0.25, 0.3) is 0 Å². The highest BCUT2D eigenvalue weighted by atomic mass is 16.5. The summed E-state index contributed by atoms with van der Waals surface area (Å²) in [5.74, 6) is 0.911. The molecule has 126 valence electrons. The number of urea groups is 1. The van der Waals surface area contributed by atoms with Crippen molar-refractivity contribution >= 4 is 6.03 Å². The third-order valence-corrected chi connectivity index (χ3v) is 4.40. The van der Waals surface area contributed by atoms with E-state index in [1.54, 1.807) is 17.3 Å². The number of ether oxygens (including phenoxy) is 1. The van der Waals surface area contributed by atoms with Crippen LogP contribution in [-0.2, 0) is 6.42 Å². The second-order valence-corrected chi connectivity index (χ2v) is 6.16. The largest absolute Gasteiger partial charge is 0.493 e.